The highest BCUT2D eigenvalue weighted by molar-refractivity contribution is 7.80. The van der Waals surface area contributed by atoms with Gasteiger partial charge >= 0.3 is 0 Å². The van der Waals surface area contributed by atoms with Crippen molar-refractivity contribution in [3.05, 3.63) is 51.4 Å². The average molecular weight is 496 g/mol. The van der Waals surface area contributed by atoms with Crippen LogP contribution in [0.1, 0.15) is 10.6 Å². The van der Waals surface area contributed by atoms with E-state index < -0.39 is 15.9 Å². The van der Waals surface area contributed by atoms with Crippen LogP contribution in [-0.2, 0) is 0 Å². The highest BCUT2D eigenvalue weighted by Crippen LogP contribution is 2.34. The lowest BCUT2D eigenvalue weighted by atomic mass is 10.3. The lowest BCUT2D eigenvalue weighted by Gasteiger charge is -2.27. The summed E-state index contributed by atoms with van der Waals surface area (Å²) in [7, 11) is 0. The molecule has 0 radical (unpaired) electrons. The second kappa shape index (κ2) is 9.06. The number of carbonyl (C=O) groups excluding carboxylic acids is 1. The van der Waals surface area contributed by atoms with Crippen molar-refractivity contribution >= 4 is 98.5 Å². The van der Waals surface area contributed by atoms with Crippen LogP contribution in [0, 0.1) is 0 Å². The Morgan fingerprint density at radius 1 is 1.12 bits per heavy atom. The highest BCUT2D eigenvalue weighted by Gasteiger charge is 2.35. The lowest BCUT2D eigenvalue weighted by Crippen LogP contribution is -2.56. The number of rotatable bonds is 4. The summed E-state index contributed by atoms with van der Waals surface area (Å²) in [5, 5.41) is 8.71. The molecule has 1 unspecified atom stereocenters. The maximum atomic E-state index is 12.1. The van der Waals surface area contributed by atoms with Crippen LogP contribution in [-0.4, -0.2) is 21.0 Å². The first-order chi connectivity index (χ1) is 12.1. The molecule has 5 nitrogen and oxygen atoms in total. The third-order valence-corrected chi connectivity index (χ3v) is 4.56. The first-order valence-electron chi connectivity index (χ1n) is 6.71. The fraction of sp³-hybridized carbons (Fsp3) is 0.143. The standard InChI is InChI=1S/C14H9Cl6N3O2S/c15-6-4-7(16)10(8(17)5-6)21-13(26)23-12(14(18,19)20)22-11(24)9-2-1-3-25-9/h1-5,12H,(H,22,24)(H2,21,23,26). The van der Waals surface area contributed by atoms with Gasteiger partial charge in [-0.1, -0.05) is 69.6 Å². The van der Waals surface area contributed by atoms with Crippen LogP contribution in [0.2, 0.25) is 15.1 Å². The SMILES string of the molecule is O=C(NC(NC(=S)Nc1c(Cl)cc(Cl)cc1Cl)C(Cl)(Cl)Cl)c1ccco1. The molecule has 1 heterocycles. The maximum Gasteiger partial charge on any atom is 0.288 e. The average Bonchev–Trinajstić information content (AvgIpc) is 3.03. The summed E-state index contributed by atoms with van der Waals surface area (Å²) in [4.78, 5) is 12.1. The van der Waals surface area contributed by atoms with E-state index in [1.807, 2.05) is 0 Å². The van der Waals surface area contributed by atoms with Crippen LogP contribution < -0.4 is 16.0 Å². The van der Waals surface area contributed by atoms with Crippen LogP contribution in [0.3, 0.4) is 0 Å². The molecule has 1 aromatic carbocycles. The number of alkyl halides is 3. The molecule has 3 N–H and O–H groups in total. The number of thiocarbonyl (C=S) groups is 1. The lowest BCUT2D eigenvalue weighted by molar-refractivity contribution is 0.0906. The summed E-state index contributed by atoms with van der Waals surface area (Å²) in [5.41, 5.74) is 0.302. The van der Waals surface area contributed by atoms with E-state index in [2.05, 4.69) is 16.0 Å². The molecule has 0 aliphatic carbocycles. The molecule has 26 heavy (non-hydrogen) atoms. The fourth-order valence-electron chi connectivity index (χ4n) is 1.75. The first kappa shape index (κ1) is 21.7. The Bertz CT molecular complexity index is 787. The fourth-order valence-corrected chi connectivity index (χ4v) is 3.21. The summed E-state index contributed by atoms with van der Waals surface area (Å²) in [6.07, 6.45) is 0.151. The molecule has 2 aromatic rings. The molecule has 1 amide bonds. The van der Waals surface area contributed by atoms with Gasteiger partial charge in [0, 0.05) is 5.02 Å². The van der Waals surface area contributed by atoms with Crippen molar-refractivity contribution in [3.63, 3.8) is 0 Å². The summed E-state index contributed by atoms with van der Waals surface area (Å²) in [6, 6.07) is 5.95. The minimum absolute atomic E-state index is 0.00723. The number of benzene rings is 1. The number of anilines is 1. The Balaban J connectivity index is 2.11. The minimum atomic E-state index is -1.93. The molecule has 1 atom stereocenters. The molecule has 0 saturated heterocycles. The number of amides is 1. The Labute approximate surface area is 184 Å². The smallest absolute Gasteiger partial charge is 0.288 e. The van der Waals surface area contributed by atoms with Crippen molar-refractivity contribution in [1.82, 2.24) is 10.6 Å². The van der Waals surface area contributed by atoms with E-state index in [1.54, 1.807) is 6.07 Å². The third kappa shape index (κ3) is 5.96. The molecule has 0 spiro atoms. The third-order valence-electron chi connectivity index (χ3n) is 2.87. The van der Waals surface area contributed by atoms with Crippen LogP contribution in [0.15, 0.2) is 34.9 Å². The molecule has 0 aliphatic rings. The summed E-state index contributed by atoms with van der Waals surface area (Å²) in [6.45, 7) is 0. The Morgan fingerprint density at radius 2 is 1.73 bits per heavy atom. The van der Waals surface area contributed by atoms with E-state index in [1.165, 1.54) is 24.5 Å². The van der Waals surface area contributed by atoms with E-state index in [4.69, 9.17) is 86.2 Å². The van der Waals surface area contributed by atoms with Crippen molar-refractivity contribution in [2.24, 2.45) is 0 Å². The van der Waals surface area contributed by atoms with Gasteiger partial charge < -0.3 is 20.4 Å². The van der Waals surface area contributed by atoms with Gasteiger partial charge in [0.05, 0.1) is 22.0 Å². The molecular formula is C14H9Cl6N3O2S. The maximum absolute atomic E-state index is 12.1. The van der Waals surface area contributed by atoms with E-state index >= 15 is 0 Å². The second-order valence-electron chi connectivity index (χ2n) is 4.77. The predicted molar refractivity (Wildman–Crippen MR) is 111 cm³/mol. The van der Waals surface area contributed by atoms with E-state index in [-0.39, 0.29) is 20.9 Å². The summed E-state index contributed by atoms with van der Waals surface area (Å²) < 4.78 is 3.06. The second-order valence-corrected chi connectivity index (χ2v) is 8.80. The van der Waals surface area contributed by atoms with Gasteiger partial charge in [0.2, 0.25) is 3.79 Å². The molecule has 140 valence electrons. The van der Waals surface area contributed by atoms with Gasteiger partial charge in [-0.25, -0.2) is 0 Å². The van der Waals surface area contributed by atoms with Crippen LogP contribution in [0.5, 0.6) is 0 Å². The molecule has 2 rings (SSSR count). The van der Waals surface area contributed by atoms with Crippen molar-refractivity contribution in [3.8, 4) is 0 Å². The zero-order valence-corrected chi connectivity index (χ0v) is 17.8. The van der Waals surface area contributed by atoms with Gasteiger partial charge in [0.15, 0.2) is 10.9 Å². The normalized spacial score (nSPS) is 12.4. The molecule has 0 bridgehead atoms. The van der Waals surface area contributed by atoms with E-state index in [9.17, 15) is 4.79 Å². The van der Waals surface area contributed by atoms with Crippen molar-refractivity contribution < 1.29 is 9.21 Å². The molecule has 0 saturated carbocycles. The molecule has 0 aliphatic heterocycles. The van der Waals surface area contributed by atoms with Crippen LogP contribution in [0.25, 0.3) is 0 Å². The summed E-state index contributed by atoms with van der Waals surface area (Å²) in [5.74, 6) is -0.571. The topological polar surface area (TPSA) is 66.3 Å². The number of hydrogen-bond donors (Lipinski definition) is 3. The zero-order chi connectivity index (χ0) is 19.5. The molecule has 0 fully saturated rings. The van der Waals surface area contributed by atoms with Crippen LogP contribution in [0.4, 0.5) is 5.69 Å². The Hall–Kier alpha value is -0.600. The Morgan fingerprint density at radius 3 is 2.23 bits per heavy atom. The van der Waals surface area contributed by atoms with Gasteiger partial charge in [0.25, 0.3) is 5.91 Å². The number of carbonyl (C=O) groups is 1. The number of nitrogens with one attached hydrogen (secondary N) is 3. The van der Waals surface area contributed by atoms with Crippen molar-refractivity contribution in [1.29, 1.82) is 0 Å². The number of furan rings is 1. The minimum Gasteiger partial charge on any atom is -0.459 e. The zero-order valence-electron chi connectivity index (χ0n) is 12.5. The predicted octanol–water partition coefficient (Wildman–Crippen LogP) is 5.65. The van der Waals surface area contributed by atoms with Gasteiger partial charge in [-0.3, -0.25) is 4.79 Å². The summed E-state index contributed by atoms with van der Waals surface area (Å²) >= 11 is 40.9. The molecule has 12 heteroatoms. The van der Waals surface area contributed by atoms with Crippen molar-refractivity contribution in [2.75, 3.05) is 5.32 Å². The highest BCUT2D eigenvalue weighted by atomic mass is 35.6. The van der Waals surface area contributed by atoms with Gasteiger partial charge in [-0.15, -0.1) is 0 Å². The van der Waals surface area contributed by atoms with Crippen LogP contribution >= 0.6 is 81.8 Å². The molecular weight excluding hydrogens is 487 g/mol. The van der Waals surface area contributed by atoms with Crippen molar-refractivity contribution in [2.45, 2.75) is 9.96 Å². The van der Waals surface area contributed by atoms with E-state index in [0.29, 0.717) is 10.7 Å². The number of hydrogen-bond acceptors (Lipinski definition) is 3. The molecule has 1 aromatic heterocycles. The quantitative estimate of drug-likeness (QED) is 0.290. The van der Waals surface area contributed by atoms with Gasteiger partial charge in [0.1, 0.15) is 6.17 Å². The first-order valence-corrected chi connectivity index (χ1v) is 9.38. The van der Waals surface area contributed by atoms with Gasteiger partial charge in [-0.05, 0) is 36.5 Å². The largest absolute Gasteiger partial charge is 0.459 e. The Kier molecular flexibility index (Phi) is 7.56. The number of halogens is 6. The van der Waals surface area contributed by atoms with Gasteiger partial charge in [-0.2, -0.15) is 0 Å². The monoisotopic (exact) mass is 493 g/mol. The van der Waals surface area contributed by atoms with E-state index in [0.717, 1.165) is 0 Å².